The lowest BCUT2D eigenvalue weighted by Crippen LogP contribution is -2.07. The third-order valence-electron chi connectivity index (χ3n) is 0.689. The highest BCUT2D eigenvalue weighted by atomic mass is 19.3. The third-order valence-corrected chi connectivity index (χ3v) is 0.689. The summed E-state index contributed by atoms with van der Waals surface area (Å²) in [4.78, 5) is 8.11. The number of hydrogen-bond donors (Lipinski definition) is 0. The molecule has 14 heavy (non-hydrogen) atoms. The van der Waals surface area contributed by atoms with Crippen molar-refractivity contribution in [1.82, 2.24) is 0 Å². The Morgan fingerprint density at radius 3 is 1.36 bits per heavy atom. The van der Waals surface area contributed by atoms with Crippen molar-refractivity contribution in [2.24, 2.45) is 0 Å². The van der Waals surface area contributed by atoms with Crippen molar-refractivity contribution in [2.75, 3.05) is 0 Å². The highest BCUT2D eigenvalue weighted by Crippen LogP contribution is 2.17. The van der Waals surface area contributed by atoms with E-state index in [4.69, 9.17) is 4.79 Å². The van der Waals surface area contributed by atoms with E-state index < -0.39 is 12.2 Å². The van der Waals surface area contributed by atoms with Gasteiger partial charge in [-0.25, -0.2) is 13.6 Å². The van der Waals surface area contributed by atoms with Gasteiger partial charge in [-0.1, -0.05) is 35.6 Å². The Morgan fingerprint density at radius 1 is 1.14 bits per heavy atom. The number of carbonyl (C=O) groups excluding carboxylic acids is 1. The molecule has 92 valence electrons. The summed E-state index contributed by atoms with van der Waals surface area (Å²) < 4.78 is 42.8. The minimum absolute atomic E-state index is 0. The molecule has 0 heterocycles. The predicted octanol–water partition coefficient (Wildman–Crippen LogP) is 5.40. The lowest BCUT2D eigenvalue weighted by atomic mass is 10.2. The molecule has 0 saturated carbocycles. The van der Waals surface area contributed by atoms with E-state index in [1.54, 1.807) is 6.92 Å². The molecule has 0 saturated heterocycles. The molecule has 0 fully saturated rings. The quantitative estimate of drug-likeness (QED) is 0.452. The van der Waals surface area contributed by atoms with Gasteiger partial charge in [0.25, 0.3) is 0 Å². The fourth-order valence-electron chi connectivity index (χ4n) is 0.439. The zero-order chi connectivity index (χ0) is 9.49. The predicted molar refractivity (Wildman–Crippen MR) is 53.3 cm³/mol. The fraction of sp³-hybridized carbons (Fsp3) is 0.889. The Kier molecular flexibility index (Phi) is 31.1. The summed E-state index contributed by atoms with van der Waals surface area (Å²) in [5.74, 6) is -2.45. The van der Waals surface area contributed by atoms with Crippen LogP contribution in [0.15, 0.2) is 0 Å². The molecule has 5 heteroatoms. The minimum Gasteiger partial charge on any atom is -0.219 e. The maximum atomic E-state index is 11.7. The second-order valence-corrected chi connectivity index (χ2v) is 2.05. The van der Waals surface area contributed by atoms with Gasteiger partial charge >= 0.3 is 6.29 Å². The molecule has 0 rings (SSSR count). The van der Waals surface area contributed by atoms with Gasteiger partial charge in [0.05, 0.1) is 0 Å². The Bertz CT molecular complexity index is 106. The molecule has 0 spiro atoms. The van der Waals surface area contributed by atoms with Crippen molar-refractivity contribution in [2.45, 2.75) is 54.9 Å². The number of carbonyl (C=O) groups is 1. The highest BCUT2D eigenvalue weighted by molar-refractivity contribution is 5.55. The van der Waals surface area contributed by atoms with Gasteiger partial charge in [-0.3, -0.25) is 0 Å². The first-order chi connectivity index (χ1) is 4.79. The molecule has 1 nitrogen and oxygen atoms in total. The van der Waals surface area contributed by atoms with Crippen LogP contribution in [0.3, 0.4) is 0 Å². The standard InChI is InChI=1S/C5H10F2.CF2O.3CH4/c1-3-4-5(2,6)7;2-1(3)4;;;/h3-4H2,1-2H3;;3*1H4. The normalized spacial score (nSPS) is 7.86. The van der Waals surface area contributed by atoms with Crippen LogP contribution in [0.25, 0.3) is 0 Å². The lowest BCUT2D eigenvalue weighted by molar-refractivity contribution is 0.0123. The molecule has 0 aromatic rings. The maximum absolute atomic E-state index is 11.7. The van der Waals surface area contributed by atoms with Gasteiger partial charge in [-0.05, 0) is 6.92 Å². The Morgan fingerprint density at radius 2 is 1.36 bits per heavy atom. The van der Waals surface area contributed by atoms with Gasteiger partial charge in [0.15, 0.2) is 0 Å². The number of hydrogen-bond acceptors (Lipinski definition) is 1. The summed E-state index contributed by atoms with van der Waals surface area (Å²) in [5.41, 5.74) is 0. The van der Waals surface area contributed by atoms with Crippen LogP contribution in [-0.2, 0) is 0 Å². The van der Waals surface area contributed by atoms with Crippen molar-refractivity contribution < 1.29 is 22.4 Å². The molecule has 0 atom stereocenters. The summed E-state index contributed by atoms with van der Waals surface area (Å²) in [6.07, 6.45) is -2.27. The Labute approximate surface area is 84.5 Å². The summed E-state index contributed by atoms with van der Waals surface area (Å²) >= 11 is 0. The van der Waals surface area contributed by atoms with Gasteiger partial charge in [-0.15, -0.1) is 8.78 Å². The summed E-state index contributed by atoms with van der Waals surface area (Å²) in [6, 6.07) is 0. The second-order valence-electron chi connectivity index (χ2n) is 2.05. The molecule has 0 radical (unpaired) electrons. The van der Waals surface area contributed by atoms with E-state index in [0.29, 0.717) is 6.42 Å². The molecular formula is C9H22F4O. The van der Waals surface area contributed by atoms with E-state index in [-0.39, 0.29) is 28.7 Å². The lowest BCUT2D eigenvalue weighted by Gasteiger charge is -2.05. The molecule has 0 aliphatic heterocycles. The zero-order valence-corrected chi connectivity index (χ0v) is 6.33. The van der Waals surface area contributed by atoms with Gasteiger partial charge in [0.2, 0.25) is 5.92 Å². The smallest absolute Gasteiger partial charge is 0.219 e. The Hall–Kier alpha value is -0.610. The fourth-order valence-corrected chi connectivity index (χ4v) is 0.439. The van der Waals surface area contributed by atoms with Crippen molar-refractivity contribution in [3.05, 3.63) is 0 Å². The minimum atomic E-state index is -2.83. The SMILES string of the molecule is C.C.C.CCCC(C)(F)F.O=C(F)F. The topological polar surface area (TPSA) is 17.1 Å². The summed E-state index contributed by atoms with van der Waals surface area (Å²) in [5, 5.41) is 0. The molecular weight excluding hydrogens is 200 g/mol. The second kappa shape index (κ2) is 14.9. The third kappa shape index (κ3) is 107. The first kappa shape index (κ1) is 29.2. The molecule has 0 aliphatic carbocycles. The number of rotatable bonds is 2. The van der Waals surface area contributed by atoms with E-state index in [2.05, 4.69) is 0 Å². The average molecular weight is 222 g/mol. The van der Waals surface area contributed by atoms with Crippen LogP contribution < -0.4 is 0 Å². The number of alkyl halides is 2. The maximum Gasteiger partial charge on any atom is 0.483 e. The van der Waals surface area contributed by atoms with Gasteiger partial charge in [0.1, 0.15) is 0 Å². The van der Waals surface area contributed by atoms with Gasteiger partial charge < -0.3 is 0 Å². The van der Waals surface area contributed by atoms with Crippen LogP contribution in [0.4, 0.5) is 22.4 Å². The molecule has 0 aromatic carbocycles. The monoisotopic (exact) mass is 222 g/mol. The summed E-state index contributed by atoms with van der Waals surface area (Å²) in [6.45, 7) is 2.69. The van der Waals surface area contributed by atoms with Crippen molar-refractivity contribution in [3.8, 4) is 0 Å². The van der Waals surface area contributed by atoms with Crippen LogP contribution in [0, 0.1) is 0 Å². The van der Waals surface area contributed by atoms with Gasteiger partial charge in [-0.2, -0.15) is 0 Å². The van der Waals surface area contributed by atoms with E-state index in [9.17, 15) is 17.6 Å². The van der Waals surface area contributed by atoms with E-state index in [1.165, 1.54) is 0 Å². The molecule has 0 amide bonds. The average Bonchev–Trinajstić information content (AvgIpc) is 1.58. The van der Waals surface area contributed by atoms with E-state index in [1.807, 2.05) is 0 Å². The van der Waals surface area contributed by atoms with Crippen LogP contribution in [-0.4, -0.2) is 12.2 Å². The first-order valence-electron chi connectivity index (χ1n) is 3.02. The van der Waals surface area contributed by atoms with Crippen molar-refractivity contribution >= 4 is 6.29 Å². The molecule has 0 unspecified atom stereocenters. The van der Waals surface area contributed by atoms with Gasteiger partial charge in [0, 0.05) is 6.42 Å². The molecule has 0 bridgehead atoms. The van der Waals surface area contributed by atoms with E-state index in [0.717, 1.165) is 6.92 Å². The summed E-state index contributed by atoms with van der Waals surface area (Å²) in [7, 11) is 0. The highest BCUT2D eigenvalue weighted by Gasteiger charge is 2.17. The first-order valence-corrected chi connectivity index (χ1v) is 3.02. The van der Waals surface area contributed by atoms with Crippen molar-refractivity contribution in [1.29, 1.82) is 0 Å². The van der Waals surface area contributed by atoms with Crippen LogP contribution in [0.1, 0.15) is 49.0 Å². The van der Waals surface area contributed by atoms with Crippen molar-refractivity contribution in [3.63, 3.8) is 0 Å². The molecule has 0 N–H and O–H groups in total. The van der Waals surface area contributed by atoms with Crippen LogP contribution in [0.2, 0.25) is 0 Å². The zero-order valence-electron chi connectivity index (χ0n) is 6.33. The number of halogens is 4. The van der Waals surface area contributed by atoms with E-state index >= 15 is 0 Å². The Balaban J connectivity index is -0.0000000347. The van der Waals surface area contributed by atoms with Crippen LogP contribution >= 0.6 is 0 Å². The van der Waals surface area contributed by atoms with Crippen LogP contribution in [0.5, 0.6) is 0 Å². The molecule has 0 aromatic heterocycles. The molecule has 0 aliphatic rings. The largest absolute Gasteiger partial charge is 0.483 e.